The average molecular weight is 367 g/mol. The van der Waals surface area contributed by atoms with E-state index in [4.69, 9.17) is 0 Å². The molecule has 0 unspecified atom stereocenters. The van der Waals surface area contributed by atoms with E-state index in [9.17, 15) is 19.7 Å². The third kappa shape index (κ3) is 3.50. The van der Waals surface area contributed by atoms with Gasteiger partial charge in [0, 0.05) is 18.6 Å². The maximum atomic E-state index is 12.4. The van der Waals surface area contributed by atoms with Crippen LogP contribution >= 0.6 is 11.3 Å². The van der Waals surface area contributed by atoms with Gasteiger partial charge in [0.1, 0.15) is 5.56 Å². The first-order valence-electron chi connectivity index (χ1n) is 7.59. The Hall–Kier alpha value is -3.39. The molecule has 0 saturated carbocycles. The third-order valence-corrected chi connectivity index (χ3v) is 4.63. The van der Waals surface area contributed by atoms with Crippen LogP contribution in [0.25, 0.3) is 11.3 Å². The first kappa shape index (κ1) is 17.4. The van der Waals surface area contributed by atoms with Crippen molar-refractivity contribution in [2.45, 2.75) is 6.92 Å². The number of Topliss-reactive ketones (excluding diaryl/α,β-unsaturated/α-hetero) is 1. The predicted molar refractivity (Wildman–Crippen MR) is 98.6 cm³/mol. The molecule has 130 valence electrons. The molecular weight excluding hydrogens is 354 g/mol. The Morgan fingerprint density at radius 1 is 1.08 bits per heavy atom. The summed E-state index contributed by atoms with van der Waals surface area (Å²) in [5, 5.41) is 13.8. The minimum absolute atomic E-state index is 0.0710. The Kier molecular flexibility index (Phi) is 4.85. The van der Waals surface area contributed by atoms with Crippen molar-refractivity contribution in [2.24, 2.45) is 0 Å². The Balaban J connectivity index is 1.95. The molecule has 0 atom stereocenters. The Morgan fingerprint density at radius 2 is 1.73 bits per heavy atom. The van der Waals surface area contributed by atoms with Gasteiger partial charge in [0.15, 0.2) is 10.9 Å². The van der Waals surface area contributed by atoms with Crippen LogP contribution in [0, 0.1) is 10.1 Å². The highest BCUT2D eigenvalue weighted by Gasteiger charge is 2.22. The van der Waals surface area contributed by atoms with Crippen molar-refractivity contribution in [2.75, 3.05) is 5.32 Å². The fourth-order valence-electron chi connectivity index (χ4n) is 2.39. The Morgan fingerprint density at radius 3 is 2.38 bits per heavy atom. The van der Waals surface area contributed by atoms with E-state index < -0.39 is 10.8 Å². The van der Waals surface area contributed by atoms with Crippen LogP contribution in [-0.2, 0) is 0 Å². The number of amides is 1. The second-order valence-electron chi connectivity index (χ2n) is 5.35. The quantitative estimate of drug-likeness (QED) is 0.414. The maximum absolute atomic E-state index is 12.4. The highest BCUT2D eigenvalue weighted by atomic mass is 32.1. The minimum atomic E-state index is -0.652. The minimum Gasteiger partial charge on any atom is -0.298 e. The van der Waals surface area contributed by atoms with Crippen LogP contribution in [0.4, 0.5) is 10.8 Å². The van der Waals surface area contributed by atoms with E-state index in [0.717, 1.165) is 16.9 Å². The largest absolute Gasteiger partial charge is 0.298 e. The highest BCUT2D eigenvalue weighted by molar-refractivity contribution is 7.18. The molecule has 3 aromatic rings. The molecule has 1 aromatic heterocycles. The summed E-state index contributed by atoms with van der Waals surface area (Å²) in [5.74, 6) is -0.826. The lowest BCUT2D eigenvalue weighted by molar-refractivity contribution is -0.385. The van der Waals surface area contributed by atoms with E-state index in [1.165, 1.54) is 25.1 Å². The van der Waals surface area contributed by atoms with Crippen molar-refractivity contribution >= 4 is 33.8 Å². The zero-order valence-electron chi connectivity index (χ0n) is 13.6. The first-order valence-corrected chi connectivity index (χ1v) is 8.41. The van der Waals surface area contributed by atoms with E-state index in [1.54, 1.807) is 6.07 Å². The number of aromatic nitrogens is 1. The molecule has 1 heterocycles. The fourth-order valence-corrected chi connectivity index (χ4v) is 3.27. The summed E-state index contributed by atoms with van der Waals surface area (Å²) >= 11 is 1.04. The number of carbonyl (C=O) groups excluding carboxylic acids is 2. The molecule has 0 aliphatic carbocycles. The Bertz CT molecular complexity index is 999. The predicted octanol–water partition coefficient (Wildman–Crippen LogP) is 4.17. The molecule has 0 spiro atoms. The standard InChI is InChI=1S/C18H13N3O4S/c1-11(22)16-15(12-7-3-2-4-8-12)19-18(26-16)20-17(23)13-9-5-6-10-14(13)21(24)25/h2-10H,1H3,(H,19,20,23). The van der Waals surface area contributed by atoms with Crippen LogP contribution in [0.3, 0.4) is 0 Å². The van der Waals surface area contributed by atoms with Crippen molar-refractivity contribution < 1.29 is 14.5 Å². The van der Waals surface area contributed by atoms with Crippen molar-refractivity contribution in [3.8, 4) is 11.3 Å². The normalized spacial score (nSPS) is 10.3. The van der Waals surface area contributed by atoms with Gasteiger partial charge in [0.2, 0.25) is 0 Å². The van der Waals surface area contributed by atoms with Crippen molar-refractivity contribution in [1.29, 1.82) is 0 Å². The molecule has 1 N–H and O–H groups in total. The number of ketones is 1. The summed E-state index contributed by atoms with van der Waals surface area (Å²) in [7, 11) is 0. The van der Waals surface area contributed by atoms with Crippen molar-refractivity contribution in [3.05, 3.63) is 75.2 Å². The van der Waals surface area contributed by atoms with Gasteiger partial charge in [-0.05, 0) is 6.07 Å². The molecule has 0 fully saturated rings. The molecule has 0 aliphatic rings. The first-order chi connectivity index (χ1) is 12.5. The van der Waals surface area contributed by atoms with Crippen LogP contribution < -0.4 is 5.32 Å². The van der Waals surface area contributed by atoms with E-state index in [-0.39, 0.29) is 22.2 Å². The summed E-state index contributed by atoms with van der Waals surface area (Å²) < 4.78 is 0. The number of nitrogens with zero attached hydrogens (tertiary/aromatic N) is 2. The number of hydrogen-bond acceptors (Lipinski definition) is 6. The van der Waals surface area contributed by atoms with Gasteiger partial charge in [-0.1, -0.05) is 53.8 Å². The van der Waals surface area contributed by atoms with Gasteiger partial charge in [-0.25, -0.2) is 4.98 Å². The van der Waals surface area contributed by atoms with Crippen LogP contribution in [0.5, 0.6) is 0 Å². The van der Waals surface area contributed by atoms with E-state index in [2.05, 4.69) is 10.3 Å². The smallest absolute Gasteiger partial charge is 0.282 e. The van der Waals surface area contributed by atoms with Crippen molar-refractivity contribution in [1.82, 2.24) is 4.98 Å². The van der Waals surface area contributed by atoms with Crippen LogP contribution in [0.15, 0.2) is 54.6 Å². The summed E-state index contributed by atoms with van der Waals surface area (Å²) in [4.78, 5) is 39.6. The van der Waals surface area contributed by atoms with Crippen molar-refractivity contribution in [3.63, 3.8) is 0 Å². The third-order valence-electron chi connectivity index (χ3n) is 3.56. The molecule has 8 heteroatoms. The average Bonchev–Trinajstić information content (AvgIpc) is 3.06. The van der Waals surface area contributed by atoms with Gasteiger partial charge < -0.3 is 0 Å². The summed E-state index contributed by atoms with van der Waals surface area (Å²) in [6.45, 7) is 1.42. The second-order valence-corrected chi connectivity index (χ2v) is 6.35. The summed E-state index contributed by atoms with van der Waals surface area (Å²) in [5.41, 5.74) is 0.857. The van der Waals surface area contributed by atoms with Crippen LogP contribution in [-0.4, -0.2) is 21.6 Å². The number of rotatable bonds is 5. The zero-order chi connectivity index (χ0) is 18.7. The second kappa shape index (κ2) is 7.24. The van der Waals surface area contributed by atoms with Gasteiger partial charge in [-0.3, -0.25) is 25.0 Å². The maximum Gasteiger partial charge on any atom is 0.282 e. The molecule has 7 nitrogen and oxygen atoms in total. The Labute approximate surface area is 152 Å². The van der Waals surface area contributed by atoms with Gasteiger partial charge in [-0.15, -0.1) is 0 Å². The van der Waals surface area contributed by atoms with Crippen LogP contribution in [0.2, 0.25) is 0 Å². The molecule has 0 radical (unpaired) electrons. The van der Waals surface area contributed by atoms with Gasteiger partial charge in [-0.2, -0.15) is 0 Å². The van der Waals surface area contributed by atoms with Gasteiger partial charge in [0.25, 0.3) is 11.6 Å². The van der Waals surface area contributed by atoms with Gasteiger partial charge in [0.05, 0.1) is 15.5 Å². The molecule has 0 bridgehead atoms. The highest BCUT2D eigenvalue weighted by Crippen LogP contribution is 2.32. The molecule has 26 heavy (non-hydrogen) atoms. The van der Waals surface area contributed by atoms with Gasteiger partial charge >= 0.3 is 0 Å². The zero-order valence-corrected chi connectivity index (χ0v) is 14.4. The monoisotopic (exact) mass is 367 g/mol. The number of carbonyl (C=O) groups is 2. The summed E-state index contributed by atoms with van der Waals surface area (Å²) in [6, 6.07) is 14.8. The lowest BCUT2D eigenvalue weighted by Gasteiger charge is -2.02. The van der Waals surface area contributed by atoms with E-state index in [0.29, 0.717) is 10.6 Å². The fraction of sp³-hybridized carbons (Fsp3) is 0.0556. The lowest BCUT2D eigenvalue weighted by atomic mass is 10.1. The molecule has 1 amide bonds. The van der Waals surface area contributed by atoms with Crippen LogP contribution in [0.1, 0.15) is 27.0 Å². The molecule has 2 aromatic carbocycles. The molecular formula is C18H13N3O4S. The SMILES string of the molecule is CC(=O)c1sc(NC(=O)c2ccccc2[N+](=O)[O-])nc1-c1ccccc1. The topological polar surface area (TPSA) is 102 Å². The number of anilines is 1. The number of nitrogens with one attached hydrogen (secondary N) is 1. The molecule has 0 aliphatic heterocycles. The van der Waals surface area contributed by atoms with E-state index >= 15 is 0 Å². The summed E-state index contributed by atoms with van der Waals surface area (Å²) in [6.07, 6.45) is 0. The molecule has 0 saturated heterocycles. The number of hydrogen-bond donors (Lipinski definition) is 1. The molecule has 3 rings (SSSR count). The number of nitro groups is 1. The number of thiazole rings is 1. The number of para-hydroxylation sites is 1. The number of benzene rings is 2. The number of nitro benzene ring substituents is 1. The van der Waals surface area contributed by atoms with E-state index in [1.807, 2.05) is 30.3 Å². The lowest BCUT2D eigenvalue weighted by Crippen LogP contribution is -2.13.